The Labute approximate surface area is 118 Å². The van der Waals surface area contributed by atoms with Gasteiger partial charge in [-0.15, -0.1) is 0 Å². The van der Waals surface area contributed by atoms with E-state index in [-0.39, 0.29) is 5.91 Å². The summed E-state index contributed by atoms with van der Waals surface area (Å²) in [5, 5.41) is 7.22. The van der Waals surface area contributed by atoms with Gasteiger partial charge in [0.2, 0.25) is 0 Å². The summed E-state index contributed by atoms with van der Waals surface area (Å²) in [4.78, 5) is 15.8. The average molecular weight is 273 g/mol. The molecule has 0 radical (unpaired) electrons. The van der Waals surface area contributed by atoms with Crippen LogP contribution in [0.15, 0.2) is 24.5 Å². The molecule has 1 amide bonds. The fourth-order valence-corrected chi connectivity index (χ4v) is 2.04. The van der Waals surface area contributed by atoms with Crippen molar-refractivity contribution >= 4 is 11.6 Å². The number of nitrogens with two attached hydrogens (primary N) is 1. The minimum Gasteiger partial charge on any atom is -0.397 e. The molecule has 0 bridgehead atoms. The third kappa shape index (κ3) is 3.34. The van der Waals surface area contributed by atoms with Crippen LogP contribution in [0.25, 0.3) is 0 Å². The number of carbonyl (C=O) groups is 1. The molecule has 20 heavy (non-hydrogen) atoms. The maximum atomic E-state index is 11.9. The van der Waals surface area contributed by atoms with E-state index >= 15 is 0 Å². The number of carbonyl (C=O) groups excluding carboxylic acids is 1. The standard InChI is InChI=1S/C14H19N5O/c1-10-8-11(2)19(18-10)7-3-5-17-14(20)12-4-6-16-9-13(12)15/h4,6,8-9H,3,5,7,15H2,1-2H3,(H,17,20). The van der Waals surface area contributed by atoms with Gasteiger partial charge in [-0.05, 0) is 32.4 Å². The molecule has 0 saturated carbocycles. The van der Waals surface area contributed by atoms with Crippen LogP contribution in [-0.4, -0.2) is 27.2 Å². The first-order valence-corrected chi connectivity index (χ1v) is 6.56. The van der Waals surface area contributed by atoms with Gasteiger partial charge in [0.1, 0.15) is 0 Å². The summed E-state index contributed by atoms with van der Waals surface area (Å²) in [5.41, 5.74) is 8.70. The van der Waals surface area contributed by atoms with Crippen molar-refractivity contribution in [2.75, 3.05) is 12.3 Å². The lowest BCUT2D eigenvalue weighted by Crippen LogP contribution is -2.26. The Morgan fingerprint density at radius 2 is 2.25 bits per heavy atom. The minimum atomic E-state index is -0.168. The third-order valence-electron chi connectivity index (χ3n) is 3.03. The van der Waals surface area contributed by atoms with E-state index in [9.17, 15) is 4.79 Å². The fraction of sp³-hybridized carbons (Fsp3) is 0.357. The van der Waals surface area contributed by atoms with Gasteiger partial charge >= 0.3 is 0 Å². The van der Waals surface area contributed by atoms with E-state index in [0.717, 1.165) is 24.4 Å². The summed E-state index contributed by atoms with van der Waals surface area (Å²) < 4.78 is 1.95. The van der Waals surface area contributed by atoms with E-state index < -0.39 is 0 Å². The Bertz CT molecular complexity index is 605. The number of pyridine rings is 1. The van der Waals surface area contributed by atoms with Crippen molar-refractivity contribution in [2.24, 2.45) is 0 Å². The number of nitrogen functional groups attached to an aromatic ring is 1. The highest BCUT2D eigenvalue weighted by molar-refractivity contribution is 5.98. The summed E-state index contributed by atoms with van der Waals surface area (Å²) in [6, 6.07) is 3.65. The number of aryl methyl sites for hydroxylation is 3. The van der Waals surface area contributed by atoms with E-state index in [2.05, 4.69) is 15.4 Å². The Hall–Kier alpha value is -2.37. The predicted octanol–water partition coefficient (Wildman–Crippen LogP) is 1.30. The summed E-state index contributed by atoms with van der Waals surface area (Å²) in [7, 11) is 0. The second-order valence-electron chi connectivity index (χ2n) is 4.72. The lowest BCUT2D eigenvalue weighted by Gasteiger charge is -2.08. The van der Waals surface area contributed by atoms with Crippen molar-refractivity contribution in [3.8, 4) is 0 Å². The van der Waals surface area contributed by atoms with Gasteiger partial charge in [0, 0.05) is 25.0 Å². The number of nitrogens with one attached hydrogen (secondary N) is 1. The van der Waals surface area contributed by atoms with Gasteiger partial charge in [-0.2, -0.15) is 5.10 Å². The van der Waals surface area contributed by atoms with E-state index in [0.29, 0.717) is 17.8 Å². The van der Waals surface area contributed by atoms with Crippen molar-refractivity contribution in [1.29, 1.82) is 0 Å². The lowest BCUT2D eigenvalue weighted by atomic mass is 10.2. The van der Waals surface area contributed by atoms with Gasteiger partial charge in [-0.1, -0.05) is 0 Å². The average Bonchev–Trinajstić information content (AvgIpc) is 2.73. The zero-order chi connectivity index (χ0) is 14.5. The highest BCUT2D eigenvalue weighted by Crippen LogP contribution is 2.08. The van der Waals surface area contributed by atoms with Crippen LogP contribution in [0.4, 0.5) is 5.69 Å². The molecule has 2 aromatic heterocycles. The largest absolute Gasteiger partial charge is 0.397 e. The van der Waals surface area contributed by atoms with Gasteiger partial charge in [0.15, 0.2) is 0 Å². The molecule has 0 atom stereocenters. The molecular formula is C14H19N5O. The Balaban J connectivity index is 1.80. The van der Waals surface area contributed by atoms with Crippen LogP contribution in [0, 0.1) is 13.8 Å². The van der Waals surface area contributed by atoms with E-state index in [1.807, 2.05) is 24.6 Å². The Morgan fingerprint density at radius 3 is 2.90 bits per heavy atom. The molecular weight excluding hydrogens is 254 g/mol. The molecule has 6 heteroatoms. The molecule has 2 rings (SSSR count). The first kappa shape index (κ1) is 14.0. The Kier molecular flexibility index (Phi) is 4.34. The molecule has 2 heterocycles. The summed E-state index contributed by atoms with van der Waals surface area (Å²) in [6.45, 7) is 5.36. The number of anilines is 1. The highest BCUT2D eigenvalue weighted by Gasteiger charge is 2.08. The van der Waals surface area contributed by atoms with Gasteiger partial charge in [0.05, 0.1) is 23.1 Å². The zero-order valence-electron chi connectivity index (χ0n) is 11.8. The molecule has 0 aromatic carbocycles. The van der Waals surface area contributed by atoms with Crippen LogP contribution in [-0.2, 0) is 6.54 Å². The van der Waals surface area contributed by atoms with Crippen LogP contribution >= 0.6 is 0 Å². The number of rotatable bonds is 5. The lowest BCUT2D eigenvalue weighted by molar-refractivity contribution is 0.0953. The molecule has 0 saturated heterocycles. The minimum absolute atomic E-state index is 0.168. The molecule has 3 N–H and O–H groups in total. The van der Waals surface area contributed by atoms with Crippen molar-refractivity contribution in [3.05, 3.63) is 41.5 Å². The molecule has 6 nitrogen and oxygen atoms in total. The smallest absolute Gasteiger partial charge is 0.253 e. The van der Waals surface area contributed by atoms with Crippen molar-refractivity contribution in [1.82, 2.24) is 20.1 Å². The van der Waals surface area contributed by atoms with Crippen LogP contribution in [0.5, 0.6) is 0 Å². The first-order valence-electron chi connectivity index (χ1n) is 6.56. The van der Waals surface area contributed by atoms with Gasteiger partial charge in [0.25, 0.3) is 5.91 Å². The van der Waals surface area contributed by atoms with E-state index in [1.54, 1.807) is 12.3 Å². The summed E-state index contributed by atoms with van der Waals surface area (Å²) in [6.07, 6.45) is 3.85. The number of amides is 1. The van der Waals surface area contributed by atoms with Crippen molar-refractivity contribution in [2.45, 2.75) is 26.8 Å². The number of aromatic nitrogens is 3. The third-order valence-corrected chi connectivity index (χ3v) is 3.03. The van der Waals surface area contributed by atoms with E-state index in [1.165, 1.54) is 6.20 Å². The van der Waals surface area contributed by atoms with Crippen molar-refractivity contribution in [3.63, 3.8) is 0 Å². The summed E-state index contributed by atoms with van der Waals surface area (Å²) in [5.74, 6) is -0.168. The molecule has 0 spiro atoms. The van der Waals surface area contributed by atoms with Crippen LogP contribution in [0.3, 0.4) is 0 Å². The maximum Gasteiger partial charge on any atom is 0.253 e. The molecule has 106 valence electrons. The van der Waals surface area contributed by atoms with Gasteiger partial charge < -0.3 is 11.1 Å². The second kappa shape index (κ2) is 6.18. The molecule has 0 aliphatic rings. The number of hydrogen-bond donors (Lipinski definition) is 2. The van der Waals surface area contributed by atoms with E-state index in [4.69, 9.17) is 5.73 Å². The van der Waals surface area contributed by atoms with Crippen molar-refractivity contribution < 1.29 is 4.79 Å². The topological polar surface area (TPSA) is 85.8 Å². The molecule has 0 aliphatic carbocycles. The number of hydrogen-bond acceptors (Lipinski definition) is 4. The SMILES string of the molecule is Cc1cc(C)n(CCCNC(=O)c2ccncc2N)n1. The first-order chi connectivity index (χ1) is 9.58. The maximum absolute atomic E-state index is 11.9. The highest BCUT2D eigenvalue weighted by atomic mass is 16.1. The van der Waals surface area contributed by atoms with Crippen LogP contribution in [0.2, 0.25) is 0 Å². The van der Waals surface area contributed by atoms with Crippen LogP contribution < -0.4 is 11.1 Å². The molecule has 0 unspecified atom stereocenters. The monoisotopic (exact) mass is 273 g/mol. The fourth-order valence-electron chi connectivity index (χ4n) is 2.04. The molecule has 2 aromatic rings. The second-order valence-corrected chi connectivity index (χ2v) is 4.72. The summed E-state index contributed by atoms with van der Waals surface area (Å²) >= 11 is 0. The Morgan fingerprint density at radius 1 is 1.45 bits per heavy atom. The van der Waals surface area contributed by atoms with Gasteiger partial charge in [-0.25, -0.2) is 0 Å². The molecule has 0 fully saturated rings. The predicted molar refractivity (Wildman–Crippen MR) is 77.3 cm³/mol. The molecule has 0 aliphatic heterocycles. The van der Waals surface area contributed by atoms with Crippen LogP contribution in [0.1, 0.15) is 28.2 Å². The normalized spacial score (nSPS) is 10.5. The van der Waals surface area contributed by atoms with Gasteiger partial charge in [-0.3, -0.25) is 14.5 Å². The number of nitrogens with zero attached hydrogens (tertiary/aromatic N) is 3. The zero-order valence-corrected chi connectivity index (χ0v) is 11.8. The quantitative estimate of drug-likeness (QED) is 0.804.